The summed E-state index contributed by atoms with van der Waals surface area (Å²) >= 11 is 0. The van der Waals surface area contributed by atoms with Gasteiger partial charge in [-0.05, 0) is 49.7 Å². The molecule has 0 N–H and O–H groups in total. The second-order valence-electron chi connectivity index (χ2n) is 6.98. The summed E-state index contributed by atoms with van der Waals surface area (Å²) in [7, 11) is 0. The van der Waals surface area contributed by atoms with E-state index in [1.165, 1.54) is 11.1 Å². The van der Waals surface area contributed by atoms with E-state index in [2.05, 4.69) is 60.7 Å². The first-order chi connectivity index (χ1) is 12.4. The van der Waals surface area contributed by atoms with Gasteiger partial charge in [0.2, 0.25) is 0 Å². The minimum Gasteiger partial charge on any atom is -0.341 e. The van der Waals surface area contributed by atoms with Crippen LogP contribution in [0, 0.1) is 0 Å². The number of benzene rings is 2. The number of aryl methyl sites for hydroxylation is 2. The van der Waals surface area contributed by atoms with Crippen LogP contribution < -0.4 is 0 Å². The summed E-state index contributed by atoms with van der Waals surface area (Å²) in [6.45, 7) is 0. The lowest BCUT2D eigenvalue weighted by atomic mass is 10.1. The molecule has 2 aliphatic rings. The number of hydrogen-bond donors (Lipinski definition) is 0. The summed E-state index contributed by atoms with van der Waals surface area (Å²) in [6, 6.07) is 21.2. The van der Waals surface area contributed by atoms with Gasteiger partial charge >= 0.3 is 0 Å². The topological polar surface area (TPSA) is 34.3 Å². The Hall–Kier alpha value is -1.68. The number of rotatable bonds is 10. The Kier molecular flexibility index (Phi) is 5.46. The highest BCUT2D eigenvalue weighted by Crippen LogP contribution is 2.36. The fourth-order valence-electron chi connectivity index (χ4n) is 3.34. The van der Waals surface area contributed by atoms with E-state index in [0.717, 1.165) is 38.5 Å². The summed E-state index contributed by atoms with van der Waals surface area (Å²) in [5.74, 6) is 0. The van der Waals surface area contributed by atoms with Gasteiger partial charge in [0.15, 0.2) is 12.6 Å². The molecule has 4 rings (SSSR count). The molecule has 3 heteroatoms. The lowest BCUT2D eigenvalue weighted by Gasteiger charge is -2.00. The molecule has 0 aliphatic carbocycles. The van der Waals surface area contributed by atoms with Crippen LogP contribution in [0.15, 0.2) is 60.7 Å². The first kappa shape index (κ1) is 16.8. The Labute approximate surface area is 149 Å². The molecule has 25 heavy (non-hydrogen) atoms. The molecule has 0 radical (unpaired) electrons. The van der Waals surface area contributed by atoms with E-state index in [1.54, 1.807) is 0 Å². The molecular formula is C22H26O3. The normalized spacial score (nSPS) is 27.2. The van der Waals surface area contributed by atoms with E-state index in [1.807, 2.05) is 0 Å². The van der Waals surface area contributed by atoms with Gasteiger partial charge < -0.3 is 14.2 Å². The second kappa shape index (κ2) is 8.13. The molecule has 0 aromatic heterocycles. The molecule has 2 saturated heterocycles. The minimum atomic E-state index is -0.0418. The van der Waals surface area contributed by atoms with Crippen molar-refractivity contribution < 1.29 is 14.2 Å². The van der Waals surface area contributed by atoms with Gasteiger partial charge in [-0.25, -0.2) is 0 Å². The van der Waals surface area contributed by atoms with Gasteiger partial charge in [-0.2, -0.15) is 0 Å². The lowest BCUT2D eigenvalue weighted by molar-refractivity contribution is -0.0103. The van der Waals surface area contributed by atoms with Crippen molar-refractivity contribution in [3.63, 3.8) is 0 Å². The second-order valence-corrected chi connectivity index (χ2v) is 6.98. The number of ether oxygens (including phenoxy) is 3. The van der Waals surface area contributed by atoms with E-state index in [0.29, 0.717) is 0 Å². The molecule has 0 bridgehead atoms. The quantitative estimate of drug-likeness (QED) is 0.598. The van der Waals surface area contributed by atoms with Crippen LogP contribution in [0.4, 0.5) is 0 Å². The Morgan fingerprint density at radius 3 is 1.52 bits per heavy atom. The predicted octanol–water partition coefficient (Wildman–Crippen LogP) is 4.50. The van der Waals surface area contributed by atoms with Crippen LogP contribution in [0.25, 0.3) is 0 Å². The third kappa shape index (κ3) is 5.15. The average molecular weight is 338 g/mol. The molecular weight excluding hydrogens is 312 g/mol. The van der Waals surface area contributed by atoms with Gasteiger partial charge in [-0.1, -0.05) is 60.7 Å². The zero-order valence-electron chi connectivity index (χ0n) is 14.6. The summed E-state index contributed by atoms with van der Waals surface area (Å²) in [5.41, 5.74) is 2.79. The fraction of sp³-hybridized carbons (Fsp3) is 0.455. The van der Waals surface area contributed by atoms with Crippen molar-refractivity contribution in [2.24, 2.45) is 0 Å². The molecule has 4 unspecified atom stereocenters. The van der Waals surface area contributed by atoms with Gasteiger partial charge in [-0.15, -0.1) is 0 Å². The monoisotopic (exact) mass is 338 g/mol. The molecule has 2 aliphatic heterocycles. The van der Waals surface area contributed by atoms with Crippen LogP contribution in [0.1, 0.15) is 36.8 Å². The standard InChI is InChI=1S/C22H26O3/c1-3-9-17(10-4-1)13-7-15-19-21(23-19)25-22-20(24-22)16-8-14-18-11-5-2-6-12-18/h1-6,9-12,19-22H,7-8,13-16H2. The average Bonchev–Trinajstić information content (AvgIpc) is 3.57. The maximum Gasteiger partial charge on any atom is 0.187 e. The molecule has 2 fully saturated rings. The molecule has 0 amide bonds. The van der Waals surface area contributed by atoms with Crippen molar-refractivity contribution in [3.05, 3.63) is 71.8 Å². The predicted molar refractivity (Wildman–Crippen MR) is 97.2 cm³/mol. The smallest absolute Gasteiger partial charge is 0.187 e. The summed E-state index contributed by atoms with van der Waals surface area (Å²) in [6.07, 6.45) is 7.05. The van der Waals surface area contributed by atoms with Crippen molar-refractivity contribution in [2.45, 2.75) is 63.3 Å². The fourth-order valence-corrected chi connectivity index (χ4v) is 3.34. The first-order valence-electron chi connectivity index (χ1n) is 9.43. The zero-order valence-corrected chi connectivity index (χ0v) is 14.6. The van der Waals surface area contributed by atoms with Crippen molar-refractivity contribution in [3.8, 4) is 0 Å². The van der Waals surface area contributed by atoms with Gasteiger partial charge in [-0.3, -0.25) is 0 Å². The highest BCUT2D eigenvalue weighted by Gasteiger charge is 2.48. The minimum absolute atomic E-state index is 0.0418. The third-order valence-corrected chi connectivity index (χ3v) is 4.93. The molecule has 0 saturated carbocycles. The van der Waals surface area contributed by atoms with Gasteiger partial charge in [0.25, 0.3) is 0 Å². The molecule has 0 spiro atoms. The highest BCUT2D eigenvalue weighted by atomic mass is 16.9. The van der Waals surface area contributed by atoms with E-state index in [9.17, 15) is 0 Å². The van der Waals surface area contributed by atoms with Crippen LogP contribution in [0.3, 0.4) is 0 Å². The van der Waals surface area contributed by atoms with Crippen molar-refractivity contribution >= 4 is 0 Å². The molecule has 2 aromatic carbocycles. The van der Waals surface area contributed by atoms with Gasteiger partial charge in [0, 0.05) is 0 Å². The Morgan fingerprint density at radius 2 is 1.08 bits per heavy atom. The van der Waals surface area contributed by atoms with Crippen LogP contribution in [0.5, 0.6) is 0 Å². The van der Waals surface area contributed by atoms with Crippen molar-refractivity contribution in [1.82, 2.24) is 0 Å². The number of hydrogen-bond acceptors (Lipinski definition) is 3. The molecule has 3 nitrogen and oxygen atoms in total. The molecule has 132 valence electrons. The summed E-state index contributed by atoms with van der Waals surface area (Å²) < 4.78 is 17.1. The van der Waals surface area contributed by atoms with Gasteiger partial charge in [0.05, 0.1) is 0 Å². The van der Waals surface area contributed by atoms with Crippen molar-refractivity contribution in [1.29, 1.82) is 0 Å². The maximum atomic E-state index is 5.86. The summed E-state index contributed by atoms with van der Waals surface area (Å²) in [4.78, 5) is 0. The molecule has 2 heterocycles. The van der Waals surface area contributed by atoms with Crippen LogP contribution in [-0.4, -0.2) is 24.8 Å². The lowest BCUT2D eigenvalue weighted by Crippen LogP contribution is -2.06. The van der Waals surface area contributed by atoms with E-state index < -0.39 is 0 Å². The van der Waals surface area contributed by atoms with Gasteiger partial charge in [0.1, 0.15) is 12.2 Å². The van der Waals surface area contributed by atoms with E-state index in [4.69, 9.17) is 14.2 Å². The molecule has 4 atom stereocenters. The Bertz CT molecular complexity index is 585. The first-order valence-corrected chi connectivity index (χ1v) is 9.43. The maximum absolute atomic E-state index is 5.86. The summed E-state index contributed by atoms with van der Waals surface area (Å²) in [5, 5.41) is 0. The zero-order chi connectivity index (χ0) is 16.9. The number of epoxide rings is 2. The SMILES string of the molecule is c1ccc(CCCC2OC2OC2OC2CCCc2ccccc2)cc1. The van der Waals surface area contributed by atoms with Crippen LogP contribution in [-0.2, 0) is 27.1 Å². The Balaban J connectivity index is 1.06. The van der Waals surface area contributed by atoms with E-state index in [-0.39, 0.29) is 24.8 Å². The van der Waals surface area contributed by atoms with Crippen LogP contribution >= 0.6 is 0 Å². The van der Waals surface area contributed by atoms with Crippen LogP contribution in [0.2, 0.25) is 0 Å². The van der Waals surface area contributed by atoms with Crippen molar-refractivity contribution in [2.75, 3.05) is 0 Å². The largest absolute Gasteiger partial charge is 0.341 e. The highest BCUT2D eigenvalue weighted by molar-refractivity contribution is 5.15. The third-order valence-electron chi connectivity index (χ3n) is 4.93. The Morgan fingerprint density at radius 1 is 0.640 bits per heavy atom. The molecule has 2 aromatic rings. The van der Waals surface area contributed by atoms with E-state index >= 15 is 0 Å².